The molecule has 0 amide bonds. The predicted octanol–water partition coefficient (Wildman–Crippen LogP) is 5.74. The number of hydrogen-bond donors (Lipinski definition) is 1. The van der Waals surface area contributed by atoms with Crippen molar-refractivity contribution < 1.29 is 13.9 Å². The minimum atomic E-state index is -0.362. The molecule has 1 unspecified atom stereocenters. The first-order chi connectivity index (χ1) is 15.4. The number of H-pyrrole nitrogens is 1. The van der Waals surface area contributed by atoms with E-state index in [2.05, 4.69) is 33.5 Å². The number of nitrogens with one attached hydrogen (secondary N) is 1. The Morgan fingerprint density at radius 2 is 2.00 bits per heavy atom. The minimum Gasteiger partial charge on any atom is -0.469 e. The van der Waals surface area contributed by atoms with Crippen molar-refractivity contribution in [2.75, 3.05) is 7.11 Å². The largest absolute Gasteiger partial charge is 0.469 e. The van der Waals surface area contributed by atoms with Crippen LogP contribution in [0.5, 0.6) is 0 Å². The number of halogens is 1. The molecule has 1 N–H and O–H groups in total. The van der Waals surface area contributed by atoms with Gasteiger partial charge in [-0.25, -0.2) is 4.39 Å². The number of rotatable bonds is 4. The van der Waals surface area contributed by atoms with Crippen molar-refractivity contribution in [3.63, 3.8) is 0 Å². The number of carbonyl (C=O) groups is 1. The Balaban J connectivity index is 1.64. The Bertz CT molecular complexity index is 1410. The number of hydrogen-bond acceptors (Lipinski definition) is 3. The van der Waals surface area contributed by atoms with Crippen LogP contribution in [-0.4, -0.2) is 27.8 Å². The molecule has 162 valence electrons. The van der Waals surface area contributed by atoms with Gasteiger partial charge in [0.05, 0.1) is 35.4 Å². The van der Waals surface area contributed by atoms with Crippen LogP contribution in [0.1, 0.15) is 43.4 Å². The van der Waals surface area contributed by atoms with E-state index in [1.165, 1.54) is 24.8 Å². The lowest BCUT2D eigenvalue weighted by atomic mass is 9.69. The lowest BCUT2D eigenvalue weighted by Gasteiger charge is -2.35. The van der Waals surface area contributed by atoms with Gasteiger partial charge in [-0.2, -0.15) is 5.10 Å². The highest BCUT2D eigenvalue weighted by molar-refractivity contribution is 6.01. The molecule has 0 spiro atoms. The van der Waals surface area contributed by atoms with Crippen LogP contribution in [-0.2, 0) is 9.53 Å². The molecule has 2 bridgehead atoms. The second-order valence-electron chi connectivity index (χ2n) is 9.43. The summed E-state index contributed by atoms with van der Waals surface area (Å²) in [5.41, 5.74) is 5.74. The maximum absolute atomic E-state index is 13.7. The van der Waals surface area contributed by atoms with Crippen molar-refractivity contribution in [1.82, 2.24) is 14.8 Å². The van der Waals surface area contributed by atoms with Crippen molar-refractivity contribution in [3.8, 4) is 5.69 Å². The average molecular weight is 429 g/mol. The van der Waals surface area contributed by atoms with Crippen molar-refractivity contribution in [3.05, 3.63) is 66.2 Å². The van der Waals surface area contributed by atoms with Crippen LogP contribution in [0.15, 0.2) is 49.2 Å². The Kier molecular flexibility index (Phi) is 3.95. The Morgan fingerprint density at radius 3 is 2.69 bits per heavy atom. The maximum atomic E-state index is 13.7. The van der Waals surface area contributed by atoms with Gasteiger partial charge >= 0.3 is 5.97 Å². The van der Waals surface area contributed by atoms with E-state index >= 15 is 0 Å². The molecule has 7 rings (SSSR count). The van der Waals surface area contributed by atoms with E-state index in [9.17, 15) is 9.18 Å². The third kappa shape index (κ3) is 2.49. The lowest BCUT2D eigenvalue weighted by Crippen LogP contribution is -2.37. The molecule has 3 aliphatic rings. The maximum Gasteiger partial charge on any atom is 0.311 e. The number of benzene rings is 2. The van der Waals surface area contributed by atoms with Gasteiger partial charge in [0.2, 0.25) is 0 Å². The molecule has 6 heteroatoms. The molecular weight excluding hydrogens is 405 g/mol. The summed E-state index contributed by atoms with van der Waals surface area (Å²) in [6.07, 6.45) is 4.34. The number of fused-ring (bicyclic) bond motifs is 3. The molecule has 3 saturated carbocycles. The second kappa shape index (κ2) is 6.55. The number of aromatic nitrogens is 3. The normalized spacial score (nSPS) is 24.1. The standard InChI is InChI=1S/C26H24FN3O2/c1-14(2)24-23(20-12-26(25(31)32-3)10-16(20)11-26)19-9-21-15(13-28-29-21)8-22(19)30(24)18-6-4-17(27)5-7-18/h4-9,13,16,20H,1,10-12H2,2-3H3,(H,28,29). The number of methoxy groups -OCH3 is 1. The molecule has 1 atom stereocenters. The molecule has 0 aliphatic heterocycles. The van der Waals surface area contributed by atoms with Gasteiger partial charge < -0.3 is 9.30 Å². The van der Waals surface area contributed by atoms with Gasteiger partial charge in [-0.1, -0.05) is 6.58 Å². The van der Waals surface area contributed by atoms with Crippen LogP contribution >= 0.6 is 0 Å². The van der Waals surface area contributed by atoms with E-state index < -0.39 is 0 Å². The smallest absolute Gasteiger partial charge is 0.311 e. The molecule has 4 aromatic rings. The molecule has 2 aromatic carbocycles. The summed E-state index contributed by atoms with van der Waals surface area (Å²) in [5.74, 6) is 0.324. The van der Waals surface area contributed by atoms with Gasteiger partial charge in [0.1, 0.15) is 5.82 Å². The number of ether oxygens (including phenoxy) is 1. The fraction of sp³-hybridized carbons (Fsp3) is 0.308. The molecule has 32 heavy (non-hydrogen) atoms. The fourth-order valence-electron chi connectivity index (χ4n) is 6.19. The Morgan fingerprint density at radius 1 is 1.25 bits per heavy atom. The number of nitrogens with zero attached hydrogens (tertiary/aromatic N) is 2. The van der Waals surface area contributed by atoms with Crippen LogP contribution in [0.4, 0.5) is 4.39 Å². The highest BCUT2D eigenvalue weighted by Crippen LogP contribution is 2.66. The zero-order valence-electron chi connectivity index (χ0n) is 18.1. The van der Waals surface area contributed by atoms with Gasteiger partial charge in [0, 0.05) is 16.5 Å². The Labute approximate surface area is 184 Å². The van der Waals surface area contributed by atoms with Crippen LogP contribution in [0.2, 0.25) is 0 Å². The topological polar surface area (TPSA) is 59.9 Å². The number of aromatic amines is 1. The van der Waals surface area contributed by atoms with Gasteiger partial charge in [-0.3, -0.25) is 9.89 Å². The summed E-state index contributed by atoms with van der Waals surface area (Å²) >= 11 is 0. The molecule has 2 heterocycles. The zero-order chi connectivity index (χ0) is 22.2. The van der Waals surface area contributed by atoms with E-state index in [-0.39, 0.29) is 23.1 Å². The van der Waals surface area contributed by atoms with Crippen LogP contribution in [0.25, 0.3) is 33.1 Å². The van der Waals surface area contributed by atoms with E-state index in [4.69, 9.17) is 4.74 Å². The fourth-order valence-corrected chi connectivity index (χ4v) is 6.19. The summed E-state index contributed by atoms with van der Waals surface area (Å²) < 4.78 is 21.0. The SMILES string of the molecule is C=C(C)c1c(C2CC3(C(=O)OC)CC2C3)c2cc3[nH]ncc3cc2n1-c1ccc(F)cc1. The summed E-state index contributed by atoms with van der Waals surface area (Å²) in [7, 11) is 1.48. The van der Waals surface area contributed by atoms with Crippen molar-refractivity contribution >= 4 is 33.3 Å². The van der Waals surface area contributed by atoms with Crippen molar-refractivity contribution in [2.45, 2.75) is 32.1 Å². The Hall–Kier alpha value is -3.41. The van der Waals surface area contributed by atoms with E-state index in [1.807, 2.05) is 13.1 Å². The number of allylic oxidation sites excluding steroid dienone is 1. The molecule has 2 aromatic heterocycles. The minimum absolute atomic E-state index is 0.0913. The quantitative estimate of drug-likeness (QED) is 0.421. The first-order valence-corrected chi connectivity index (χ1v) is 10.9. The van der Waals surface area contributed by atoms with Crippen LogP contribution in [0, 0.1) is 17.2 Å². The van der Waals surface area contributed by atoms with Gasteiger partial charge in [-0.05, 0) is 85.6 Å². The molecular formula is C26H24FN3O2. The van der Waals surface area contributed by atoms with E-state index in [0.29, 0.717) is 5.92 Å². The lowest BCUT2D eigenvalue weighted by molar-refractivity contribution is -0.157. The van der Waals surface area contributed by atoms with Crippen LogP contribution < -0.4 is 0 Å². The highest BCUT2D eigenvalue weighted by atomic mass is 19.1. The number of esters is 1. The number of carbonyl (C=O) groups excluding carboxylic acids is 1. The molecule has 5 nitrogen and oxygen atoms in total. The van der Waals surface area contributed by atoms with Gasteiger partial charge in [0.15, 0.2) is 0 Å². The second-order valence-corrected chi connectivity index (χ2v) is 9.43. The predicted molar refractivity (Wildman–Crippen MR) is 122 cm³/mol. The van der Waals surface area contributed by atoms with Crippen molar-refractivity contribution in [2.24, 2.45) is 11.3 Å². The summed E-state index contributed by atoms with van der Waals surface area (Å²) in [4.78, 5) is 12.5. The first-order valence-electron chi connectivity index (χ1n) is 10.9. The first kappa shape index (κ1) is 19.3. The van der Waals surface area contributed by atoms with Gasteiger partial charge in [-0.15, -0.1) is 0 Å². The van der Waals surface area contributed by atoms with Gasteiger partial charge in [0.25, 0.3) is 0 Å². The summed E-state index contributed by atoms with van der Waals surface area (Å²) in [6.45, 7) is 6.33. The van der Waals surface area contributed by atoms with E-state index in [0.717, 1.165) is 58.0 Å². The van der Waals surface area contributed by atoms with E-state index in [1.54, 1.807) is 12.1 Å². The third-order valence-electron chi connectivity index (χ3n) is 7.53. The molecule has 3 aliphatic carbocycles. The molecule has 3 fully saturated rings. The molecule has 0 radical (unpaired) electrons. The third-order valence-corrected chi connectivity index (χ3v) is 7.53. The zero-order valence-corrected chi connectivity index (χ0v) is 18.1. The summed E-state index contributed by atoms with van der Waals surface area (Å²) in [5, 5.41) is 9.43. The monoisotopic (exact) mass is 429 g/mol. The van der Waals surface area contributed by atoms with Crippen LogP contribution in [0.3, 0.4) is 0 Å². The van der Waals surface area contributed by atoms with Crippen molar-refractivity contribution in [1.29, 1.82) is 0 Å². The average Bonchev–Trinajstić information content (AvgIpc) is 3.51. The molecule has 0 saturated heterocycles. The highest BCUT2D eigenvalue weighted by Gasteiger charge is 2.62. The summed E-state index contributed by atoms with van der Waals surface area (Å²) in [6, 6.07) is 10.9.